The van der Waals surface area contributed by atoms with Crippen LogP contribution >= 0.6 is 0 Å². The lowest BCUT2D eigenvalue weighted by Crippen LogP contribution is -2.28. The Morgan fingerprint density at radius 1 is 1.30 bits per heavy atom. The van der Waals surface area contributed by atoms with E-state index in [-0.39, 0.29) is 17.7 Å². The number of hydrogen-bond acceptors (Lipinski definition) is 7. The van der Waals surface area contributed by atoms with Gasteiger partial charge in [-0.15, -0.1) is 0 Å². The summed E-state index contributed by atoms with van der Waals surface area (Å²) in [5.41, 5.74) is -0.0892. The van der Waals surface area contributed by atoms with Crippen LogP contribution in [0.15, 0.2) is 29.7 Å². The second kappa shape index (κ2) is 7.01. The number of carbonyl (C=O) groups excluding carboxylic acids is 1. The number of hydrogen-bond donors (Lipinski definition) is 1. The van der Waals surface area contributed by atoms with E-state index in [1.54, 1.807) is 7.05 Å². The molecule has 10 nitrogen and oxygen atoms in total. The van der Waals surface area contributed by atoms with Gasteiger partial charge < -0.3 is 10.1 Å². The zero-order valence-corrected chi connectivity index (χ0v) is 13.8. The maximum atomic E-state index is 12.3. The molecule has 0 atom stereocenters. The molecule has 13 heteroatoms. The van der Waals surface area contributed by atoms with Crippen LogP contribution in [-0.4, -0.2) is 48.0 Å². The number of aromatic nitrogens is 6. The van der Waals surface area contributed by atoms with E-state index in [0.717, 1.165) is 17.0 Å². The minimum atomic E-state index is -4.53. The summed E-state index contributed by atoms with van der Waals surface area (Å²) in [6.45, 7) is -1.92. The highest BCUT2D eigenvalue weighted by atomic mass is 19.4. The minimum Gasteiger partial charge on any atom is -0.467 e. The maximum absolute atomic E-state index is 12.3. The van der Waals surface area contributed by atoms with Gasteiger partial charge in [-0.05, 0) is 0 Å². The third kappa shape index (κ3) is 4.37. The molecule has 1 N–H and O–H groups in total. The topological polar surface area (TPSA) is 117 Å². The van der Waals surface area contributed by atoms with Gasteiger partial charge in [0.25, 0.3) is 5.56 Å². The number of amides is 1. The van der Waals surface area contributed by atoms with Crippen molar-refractivity contribution in [2.24, 2.45) is 7.05 Å². The molecule has 0 saturated carbocycles. The quantitative estimate of drug-likeness (QED) is 0.682. The van der Waals surface area contributed by atoms with Gasteiger partial charge >= 0.3 is 6.18 Å². The van der Waals surface area contributed by atoms with Crippen molar-refractivity contribution in [3.8, 4) is 5.88 Å². The molecule has 142 valence electrons. The molecule has 0 aliphatic carbocycles. The van der Waals surface area contributed by atoms with Crippen molar-refractivity contribution in [1.82, 2.24) is 29.3 Å². The summed E-state index contributed by atoms with van der Waals surface area (Å²) in [5, 5.41) is 6.49. The predicted molar refractivity (Wildman–Crippen MR) is 85.0 cm³/mol. The Kier molecular flexibility index (Phi) is 4.75. The molecule has 0 aliphatic rings. The Labute approximate surface area is 148 Å². The van der Waals surface area contributed by atoms with E-state index in [9.17, 15) is 22.8 Å². The van der Waals surface area contributed by atoms with Gasteiger partial charge in [-0.25, -0.2) is 4.98 Å². The van der Waals surface area contributed by atoms with E-state index < -0.39 is 30.1 Å². The standard InChI is InChI=1S/C14H12F3N7O3/c1-23-12-8(2-20-23)13(26)24(7-19-12)5-10(25)21-9-3-18-4-11(22-9)27-6-14(15,16)17/h2-4,7H,5-6H2,1H3,(H,21,22,25). The Morgan fingerprint density at radius 2 is 2.07 bits per heavy atom. The van der Waals surface area contributed by atoms with Crippen molar-refractivity contribution < 1.29 is 22.7 Å². The van der Waals surface area contributed by atoms with E-state index in [0.29, 0.717) is 5.65 Å². The number of anilines is 1. The number of nitrogens with one attached hydrogen (secondary N) is 1. The van der Waals surface area contributed by atoms with Gasteiger partial charge in [0, 0.05) is 7.05 Å². The molecule has 3 aromatic rings. The second-order valence-corrected chi connectivity index (χ2v) is 5.38. The molecule has 0 saturated heterocycles. The number of nitrogens with zero attached hydrogens (tertiary/aromatic N) is 6. The van der Waals surface area contributed by atoms with Crippen LogP contribution in [0.2, 0.25) is 0 Å². The summed E-state index contributed by atoms with van der Waals surface area (Å²) in [6.07, 6.45) is 0.113. The van der Waals surface area contributed by atoms with Gasteiger partial charge in [0.2, 0.25) is 11.8 Å². The highest BCUT2D eigenvalue weighted by Gasteiger charge is 2.28. The molecular formula is C14H12F3N7O3. The first-order valence-electron chi connectivity index (χ1n) is 7.41. The molecule has 3 aromatic heterocycles. The van der Waals surface area contributed by atoms with Crippen LogP contribution in [0, 0.1) is 0 Å². The van der Waals surface area contributed by atoms with Crippen LogP contribution in [-0.2, 0) is 18.4 Å². The van der Waals surface area contributed by atoms with Crippen LogP contribution < -0.4 is 15.6 Å². The molecule has 1 amide bonds. The van der Waals surface area contributed by atoms with E-state index in [1.807, 2.05) is 0 Å². The fraction of sp³-hybridized carbons (Fsp3) is 0.286. The molecule has 0 unspecified atom stereocenters. The summed E-state index contributed by atoms with van der Waals surface area (Å²) in [6, 6.07) is 0. The highest BCUT2D eigenvalue weighted by molar-refractivity contribution is 5.89. The zero-order valence-electron chi connectivity index (χ0n) is 13.8. The van der Waals surface area contributed by atoms with Gasteiger partial charge in [0.15, 0.2) is 18.1 Å². The van der Waals surface area contributed by atoms with E-state index >= 15 is 0 Å². The maximum Gasteiger partial charge on any atom is 0.422 e. The first kappa shape index (κ1) is 18.3. The molecule has 0 fully saturated rings. The molecule has 0 spiro atoms. The summed E-state index contributed by atoms with van der Waals surface area (Å²) in [5.74, 6) is -1.17. The summed E-state index contributed by atoms with van der Waals surface area (Å²) in [7, 11) is 1.62. The number of rotatable bonds is 5. The third-order valence-corrected chi connectivity index (χ3v) is 3.30. The van der Waals surface area contributed by atoms with Crippen molar-refractivity contribution in [3.05, 3.63) is 35.3 Å². The molecule has 0 bridgehead atoms. The monoisotopic (exact) mass is 383 g/mol. The fourth-order valence-electron chi connectivity index (χ4n) is 2.15. The first-order valence-corrected chi connectivity index (χ1v) is 7.41. The number of ether oxygens (including phenoxy) is 1. The average molecular weight is 383 g/mol. The Hall–Kier alpha value is -3.51. The highest BCUT2D eigenvalue weighted by Crippen LogP contribution is 2.17. The minimum absolute atomic E-state index is 0.122. The van der Waals surface area contributed by atoms with E-state index in [2.05, 4.69) is 30.1 Å². The third-order valence-electron chi connectivity index (χ3n) is 3.30. The number of carbonyl (C=O) groups is 1. The van der Waals surface area contributed by atoms with Crippen LogP contribution in [0.5, 0.6) is 5.88 Å². The van der Waals surface area contributed by atoms with Gasteiger partial charge in [0.05, 0.1) is 18.6 Å². The van der Waals surface area contributed by atoms with Crippen molar-refractivity contribution >= 4 is 22.8 Å². The van der Waals surface area contributed by atoms with E-state index in [4.69, 9.17) is 0 Å². The van der Waals surface area contributed by atoms with Crippen molar-refractivity contribution in [2.75, 3.05) is 11.9 Å². The normalized spacial score (nSPS) is 11.6. The SMILES string of the molecule is Cn1ncc2c(=O)n(CC(=O)Nc3cncc(OCC(F)(F)F)n3)cnc21. The molecule has 3 heterocycles. The van der Waals surface area contributed by atoms with Crippen LogP contribution in [0.4, 0.5) is 19.0 Å². The second-order valence-electron chi connectivity index (χ2n) is 5.38. The van der Waals surface area contributed by atoms with Gasteiger partial charge in [-0.2, -0.15) is 23.3 Å². The summed E-state index contributed by atoms with van der Waals surface area (Å²) < 4.78 is 43.4. The van der Waals surface area contributed by atoms with Crippen molar-refractivity contribution in [1.29, 1.82) is 0 Å². The molecule has 27 heavy (non-hydrogen) atoms. The molecule has 0 aliphatic heterocycles. The Bertz CT molecular complexity index is 1040. The average Bonchev–Trinajstić information content (AvgIpc) is 2.97. The largest absolute Gasteiger partial charge is 0.467 e. The van der Waals surface area contributed by atoms with Gasteiger partial charge in [0.1, 0.15) is 18.3 Å². The fourth-order valence-corrected chi connectivity index (χ4v) is 2.15. The molecule has 0 radical (unpaired) electrons. The van der Waals surface area contributed by atoms with Crippen LogP contribution in [0.25, 0.3) is 11.0 Å². The Morgan fingerprint density at radius 3 is 2.81 bits per heavy atom. The zero-order chi connectivity index (χ0) is 19.6. The van der Waals surface area contributed by atoms with Gasteiger partial charge in [-0.3, -0.25) is 23.8 Å². The lowest BCUT2D eigenvalue weighted by Gasteiger charge is -2.10. The van der Waals surface area contributed by atoms with Gasteiger partial charge in [-0.1, -0.05) is 0 Å². The summed E-state index contributed by atoms with van der Waals surface area (Å²) >= 11 is 0. The lowest BCUT2D eigenvalue weighted by molar-refractivity contribution is -0.154. The van der Waals surface area contributed by atoms with Crippen molar-refractivity contribution in [2.45, 2.75) is 12.7 Å². The smallest absolute Gasteiger partial charge is 0.422 e. The number of halogens is 3. The summed E-state index contributed by atoms with van der Waals surface area (Å²) in [4.78, 5) is 35.8. The molecule has 0 aromatic carbocycles. The number of aryl methyl sites for hydroxylation is 1. The van der Waals surface area contributed by atoms with Crippen LogP contribution in [0.3, 0.4) is 0 Å². The Balaban J connectivity index is 1.69. The number of alkyl halides is 3. The van der Waals surface area contributed by atoms with Crippen LogP contribution in [0.1, 0.15) is 0 Å². The van der Waals surface area contributed by atoms with E-state index in [1.165, 1.54) is 17.2 Å². The molecular weight excluding hydrogens is 371 g/mol. The predicted octanol–water partition coefficient (Wildman–Crippen LogP) is 0.500. The first-order chi connectivity index (χ1) is 12.7. The molecule has 3 rings (SSSR count). The van der Waals surface area contributed by atoms with Crippen molar-refractivity contribution in [3.63, 3.8) is 0 Å². The lowest BCUT2D eigenvalue weighted by atomic mass is 10.4. The number of fused-ring (bicyclic) bond motifs is 1.